The minimum Gasteiger partial charge on any atom is -0.497 e. The molecule has 1 aromatic rings. The number of rotatable bonds is 5. The molecular formula is C11H12F2O3. The molecule has 0 aliphatic heterocycles. The van der Waals surface area contributed by atoms with Crippen LogP contribution in [0.4, 0.5) is 8.78 Å². The van der Waals surface area contributed by atoms with Gasteiger partial charge in [-0.15, -0.1) is 0 Å². The monoisotopic (exact) mass is 230 g/mol. The van der Waals surface area contributed by atoms with Gasteiger partial charge in [-0.1, -0.05) is 12.1 Å². The van der Waals surface area contributed by atoms with Crippen LogP contribution in [0.5, 0.6) is 5.75 Å². The number of hydrogen-bond donors (Lipinski definition) is 1. The topological polar surface area (TPSA) is 46.5 Å². The lowest BCUT2D eigenvalue weighted by molar-refractivity contribution is -0.144. The molecule has 0 radical (unpaired) electrons. The van der Waals surface area contributed by atoms with E-state index in [0.29, 0.717) is 11.3 Å². The van der Waals surface area contributed by atoms with E-state index in [9.17, 15) is 13.6 Å². The number of hydrogen-bond acceptors (Lipinski definition) is 2. The van der Waals surface area contributed by atoms with Gasteiger partial charge in [0.1, 0.15) is 12.2 Å². The molecule has 1 aromatic carbocycles. The molecule has 0 unspecified atom stereocenters. The molecule has 0 aliphatic rings. The fourth-order valence-corrected chi connectivity index (χ4v) is 1.33. The molecule has 0 saturated carbocycles. The average Bonchev–Trinajstić information content (AvgIpc) is 2.16. The highest BCUT2D eigenvalue weighted by atomic mass is 19.3. The number of carbonyl (C=O) groups is 1. The van der Waals surface area contributed by atoms with Crippen LogP contribution in [-0.2, 0) is 11.2 Å². The van der Waals surface area contributed by atoms with E-state index >= 15 is 0 Å². The third-order valence-electron chi connectivity index (χ3n) is 2.03. The lowest BCUT2D eigenvalue weighted by Crippen LogP contribution is -2.23. The Morgan fingerprint density at radius 2 is 1.94 bits per heavy atom. The Kier molecular flexibility index (Phi) is 3.82. The van der Waals surface area contributed by atoms with Crippen molar-refractivity contribution in [1.82, 2.24) is 0 Å². The van der Waals surface area contributed by atoms with Crippen molar-refractivity contribution in [2.75, 3.05) is 7.11 Å². The fraction of sp³-hybridized carbons (Fsp3) is 0.364. The van der Waals surface area contributed by atoms with Gasteiger partial charge in [0.05, 0.1) is 7.11 Å². The first-order valence-electron chi connectivity index (χ1n) is 4.65. The van der Waals surface area contributed by atoms with Crippen molar-refractivity contribution in [3.05, 3.63) is 29.8 Å². The van der Waals surface area contributed by atoms with E-state index in [2.05, 4.69) is 0 Å². The Hall–Kier alpha value is -1.65. The minimum absolute atomic E-state index is 0.382. The third-order valence-corrected chi connectivity index (χ3v) is 2.03. The standard InChI is InChI=1S/C11H12F2O3/c1-16-9-4-2-8(3-5-9)6-11(12,13)7-10(14)15/h2-5H,6-7H2,1H3,(H,14,15). The molecule has 0 aliphatic carbocycles. The maximum Gasteiger partial charge on any atom is 0.309 e. The molecule has 0 amide bonds. The maximum absolute atomic E-state index is 13.1. The summed E-state index contributed by atoms with van der Waals surface area (Å²) >= 11 is 0. The molecule has 0 fully saturated rings. The summed E-state index contributed by atoms with van der Waals surface area (Å²) in [4.78, 5) is 10.2. The smallest absolute Gasteiger partial charge is 0.309 e. The van der Waals surface area contributed by atoms with Gasteiger partial charge in [-0.25, -0.2) is 8.78 Å². The Morgan fingerprint density at radius 3 is 2.38 bits per heavy atom. The van der Waals surface area contributed by atoms with Crippen LogP contribution >= 0.6 is 0 Å². The predicted molar refractivity (Wildman–Crippen MR) is 53.9 cm³/mol. The zero-order chi connectivity index (χ0) is 12.2. The summed E-state index contributed by atoms with van der Waals surface area (Å²) in [6, 6.07) is 6.11. The molecule has 1 N–H and O–H groups in total. The van der Waals surface area contributed by atoms with Gasteiger partial charge in [-0.2, -0.15) is 0 Å². The quantitative estimate of drug-likeness (QED) is 0.844. The van der Waals surface area contributed by atoms with Crippen LogP contribution in [-0.4, -0.2) is 24.1 Å². The first-order chi connectivity index (χ1) is 7.43. The number of methoxy groups -OCH3 is 1. The van der Waals surface area contributed by atoms with E-state index in [1.807, 2.05) is 0 Å². The first kappa shape index (κ1) is 12.4. The Labute approximate surface area is 91.7 Å². The van der Waals surface area contributed by atoms with Gasteiger partial charge in [0.15, 0.2) is 0 Å². The van der Waals surface area contributed by atoms with Crippen molar-refractivity contribution >= 4 is 5.97 Å². The summed E-state index contributed by atoms with van der Waals surface area (Å²) in [5.41, 5.74) is 0.382. The van der Waals surface area contributed by atoms with Crippen LogP contribution in [0.15, 0.2) is 24.3 Å². The summed E-state index contributed by atoms with van der Waals surface area (Å²) in [5.74, 6) is -4.15. The average molecular weight is 230 g/mol. The van der Waals surface area contributed by atoms with Gasteiger partial charge < -0.3 is 9.84 Å². The van der Waals surface area contributed by atoms with Gasteiger partial charge in [0, 0.05) is 6.42 Å². The SMILES string of the molecule is COc1ccc(CC(F)(F)CC(=O)O)cc1. The Morgan fingerprint density at radius 1 is 1.38 bits per heavy atom. The predicted octanol–water partition coefficient (Wildman–Crippen LogP) is 2.35. The van der Waals surface area contributed by atoms with Gasteiger partial charge >= 0.3 is 5.97 Å². The van der Waals surface area contributed by atoms with Crippen LogP contribution in [0, 0.1) is 0 Å². The van der Waals surface area contributed by atoms with Crippen LogP contribution in [0.3, 0.4) is 0 Å². The Bertz CT molecular complexity index is 360. The number of alkyl halides is 2. The lowest BCUT2D eigenvalue weighted by atomic mass is 10.0. The molecule has 0 bridgehead atoms. The minimum atomic E-state index is -3.22. The van der Waals surface area contributed by atoms with Gasteiger partial charge in [0.25, 0.3) is 5.92 Å². The largest absolute Gasteiger partial charge is 0.497 e. The first-order valence-corrected chi connectivity index (χ1v) is 4.65. The van der Waals surface area contributed by atoms with Crippen LogP contribution in [0.1, 0.15) is 12.0 Å². The van der Waals surface area contributed by atoms with E-state index < -0.39 is 24.7 Å². The zero-order valence-electron chi connectivity index (χ0n) is 8.74. The van der Waals surface area contributed by atoms with E-state index in [1.54, 1.807) is 12.1 Å². The van der Waals surface area contributed by atoms with Crippen molar-refractivity contribution in [1.29, 1.82) is 0 Å². The van der Waals surface area contributed by atoms with Crippen molar-refractivity contribution in [2.24, 2.45) is 0 Å². The van der Waals surface area contributed by atoms with Crippen LogP contribution < -0.4 is 4.74 Å². The summed E-state index contributed by atoms with van der Waals surface area (Å²) < 4.78 is 31.1. The molecule has 0 heterocycles. The number of carboxylic acids is 1. The molecule has 0 aromatic heterocycles. The second-order valence-corrected chi connectivity index (χ2v) is 3.45. The fourth-order valence-electron chi connectivity index (χ4n) is 1.33. The summed E-state index contributed by atoms with van der Waals surface area (Å²) in [6.07, 6.45) is -1.73. The molecule has 3 nitrogen and oxygen atoms in total. The third kappa shape index (κ3) is 3.84. The molecule has 16 heavy (non-hydrogen) atoms. The molecule has 0 spiro atoms. The van der Waals surface area contributed by atoms with E-state index in [0.717, 1.165) is 0 Å². The molecule has 0 atom stereocenters. The summed E-state index contributed by atoms with van der Waals surface area (Å²) in [7, 11) is 1.48. The maximum atomic E-state index is 13.1. The highest BCUT2D eigenvalue weighted by Gasteiger charge is 2.32. The van der Waals surface area contributed by atoms with Crippen molar-refractivity contribution in [3.63, 3.8) is 0 Å². The normalized spacial score (nSPS) is 11.2. The van der Waals surface area contributed by atoms with E-state index in [4.69, 9.17) is 9.84 Å². The summed E-state index contributed by atoms with van der Waals surface area (Å²) in [6.45, 7) is 0. The molecule has 1 rings (SSSR count). The number of benzene rings is 1. The van der Waals surface area contributed by atoms with Crippen LogP contribution in [0.25, 0.3) is 0 Å². The molecule has 0 saturated heterocycles. The van der Waals surface area contributed by atoms with E-state index in [-0.39, 0.29) is 0 Å². The second-order valence-electron chi connectivity index (χ2n) is 3.45. The number of halogens is 2. The van der Waals surface area contributed by atoms with Crippen molar-refractivity contribution < 1.29 is 23.4 Å². The molecule has 88 valence electrons. The molecule has 5 heteroatoms. The summed E-state index contributed by atoms with van der Waals surface area (Å²) in [5, 5.41) is 8.31. The van der Waals surface area contributed by atoms with Gasteiger partial charge in [-0.3, -0.25) is 4.79 Å². The second kappa shape index (κ2) is 4.92. The number of ether oxygens (including phenoxy) is 1. The highest BCUT2D eigenvalue weighted by molar-refractivity contribution is 5.67. The number of aliphatic carboxylic acids is 1. The van der Waals surface area contributed by atoms with Crippen molar-refractivity contribution in [3.8, 4) is 5.75 Å². The van der Waals surface area contributed by atoms with Gasteiger partial charge in [0.2, 0.25) is 0 Å². The Balaban J connectivity index is 2.68. The highest BCUT2D eigenvalue weighted by Crippen LogP contribution is 2.24. The zero-order valence-corrected chi connectivity index (χ0v) is 8.74. The van der Waals surface area contributed by atoms with Crippen molar-refractivity contribution in [2.45, 2.75) is 18.8 Å². The molecular weight excluding hydrogens is 218 g/mol. The van der Waals surface area contributed by atoms with Gasteiger partial charge in [-0.05, 0) is 17.7 Å². The lowest BCUT2D eigenvalue weighted by Gasteiger charge is -2.13. The van der Waals surface area contributed by atoms with Crippen LogP contribution in [0.2, 0.25) is 0 Å². The van der Waals surface area contributed by atoms with E-state index in [1.165, 1.54) is 19.2 Å². The number of carboxylic acid groups (broad SMARTS) is 1.